The maximum Gasteiger partial charge on any atom is 0.404 e. The first-order valence-electron chi connectivity index (χ1n) is 9.45. The largest absolute Gasteiger partial charge is 0.465 e. The smallest absolute Gasteiger partial charge is 0.404 e. The molecule has 0 bridgehead atoms. The van der Waals surface area contributed by atoms with E-state index in [0.29, 0.717) is 11.2 Å². The molecular formula is C24H19N3O3. The van der Waals surface area contributed by atoms with Gasteiger partial charge >= 0.3 is 6.09 Å². The normalized spacial score (nSPS) is 10.7. The number of rotatable bonds is 5. The van der Waals surface area contributed by atoms with E-state index in [4.69, 9.17) is 10.1 Å². The number of benzene rings is 2. The molecule has 148 valence electrons. The molecule has 0 fully saturated rings. The van der Waals surface area contributed by atoms with E-state index in [1.165, 1.54) is 6.92 Å². The predicted octanol–water partition coefficient (Wildman–Crippen LogP) is 4.93. The summed E-state index contributed by atoms with van der Waals surface area (Å²) in [6, 6.07) is 21.2. The third-order valence-electron chi connectivity index (χ3n) is 4.83. The van der Waals surface area contributed by atoms with Gasteiger partial charge in [-0.15, -0.1) is 0 Å². The molecule has 0 saturated heterocycles. The molecule has 0 aliphatic heterocycles. The van der Waals surface area contributed by atoms with Crippen LogP contribution in [0.15, 0.2) is 72.9 Å². The van der Waals surface area contributed by atoms with Crippen molar-refractivity contribution < 1.29 is 14.7 Å². The van der Waals surface area contributed by atoms with E-state index in [-0.39, 0.29) is 12.3 Å². The van der Waals surface area contributed by atoms with Crippen molar-refractivity contribution in [2.24, 2.45) is 0 Å². The summed E-state index contributed by atoms with van der Waals surface area (Å²) in [5.74, 6) is -0.107. The van der Waals surface area contributed by atoms with Crippen molar-refractivity contribution >= 4 is 22.8 Å². The Labute approximate surface area is 173 Å². The SMILES string of the molecule is CC(=O)c1nccc2nc(-c3ccc(CNC(=O)O)cc3)c(-c3ccccc3)cc12. The first-order valence-corrected chi connectivity index (χ1v) is 9.45. The van der Waals surface area contributed by atoms with Gasteiger partial charge in [0.1, 0.15) is 5.69 Å². The molecule has 0 radical (unpaired) electrons. The molecule has 30 heavy (non-hydrogen) atoms. The summed E-state index contributed by atoms with van der Waals surface area (Å²) in [5, 5.41) is 11.9. The lowest BCUT2D eigenvalue weighted by Gasteiger charge is -2.13. The Bertz CT molecular complexity index is 1240. The minimum absolute atomic E-state index is 0.107. The number of nitrogens with zero attached hydrogens (tertiary/aromatic N) is 2. The standard InChI is InChI=1S/C24H19N3O3/c1-15(28)22-20-13-19(17-5-3-2-4-6-17)23(27-21(20)11-12-25-22)18-9-7-16(8-10-18)14-26-24(29)30/h2-13,26H,14H2,1H3,(H,29,30). The number of hydrogen-bond donors (Lipinski definition) is 2. The van der Waals surface area contributed by atoms with Crippen LogP contribution >= 0.6 is 0 Å². The molecule has 0 aliphatic rings. The number of ketones is 1. The van der Waals surface area contributed by atoms with Gasteiger partial charge in [-0.05, 0) is 23.3 Å². The van der Waals surface area contributed by atoms with Gasteiger partial charge in [0.15, 0.2) is 5.78 Å². The third kappa shape index (κ3) is 3.89. The van der Waals surface area contributed by atoms with E-state index in [0.717, 1.165) is 33.3 Å². The molecule has 2 aromatic heterocycles. The van der Waals surface area contributed by atoms with Crippen LogP contribution in [0, 0.1) is 0 Å². The second kappa shape index (κ2) is 8.13. The number of Topliss-reactive ketones (excluding diaryl/α,β-unsaturated/α-hetero) is 1. The summed E-state index contributed by atoms with van der Waals surface area (Å²) in [6.45, 7) is 1.74. The summed E-state index contributed by atoms with van der Waals surface area (Å²) >= 11 is 0. The zero-order valence-corrected chi connectivity index (χ0v) is 16.3. The molecule has 0 aliphatic carbocycles. The molecule has 0 spiro atoms. The lowest BCUT2D eigenvalue weighted by molar-refractivity contribution is 0.101. The Kier molecular flexibility index (Phi) is 5.22. The van der Waals surface area contributed by atoms with Crippen LogP contribution in [0.3, 0.4) is 0 Å². The number of nitrogens with one attached hydrogen (secondary N) is 1. The van der Waals surface area contributed by atoms with Crippen LogP contribution < -0.4 is 5.32 Å². The number of hydrogen-bond acceptors (Lipinski definition) is 4. The number of aromatic nitrogens is 2. The highest BCUT2D eigenvalue weighted by Gasteiger charge is 2.15. The van der Waals surface area contributed by atoms with Crippen LogP contribution in [0.2, 0.25) is 0 Å². The summed E-state index contributed by atoms with van der Waals surface area (Å²) in [4.78, 5) is 31.9. The van der Waals surface area contributed by atoms with Gasteiger partial charge in [-0.1, -0.05) is 54.6 Å². The molecule has 2 heterocycles. The maximum atomic E-state index is 12.1. The van der Waals surface area contributed by atoms with Crippen molar-refractivity contribution in [1.82, 2.24) is 15.3 Å². The van der Waals surface area contributed by atoms with E-state index in [1.807, 2.05) is 60.7 Å². The van der Waals surface area contributed by atoms with Crippen LogP contribution in [0.1, 0.15) is 23.0 Å². The van der Waals surface area contributed by atoms with Gasteiger partial charge in [0, 0.05) is 36.2 Å². The molecular weight excluding hydrogens is 378 g/mol. The van der Waals surface area contributed by atoms with E-state index >= 15 is 0 Å². The molecule has 0 unspecified atom stereocenters. The fourth-order valence-corrected chi connectivity index (χ4v) is 3.39. The number of amides is 1. The van der Waals surface area contributed by atoms with E-state index < -0.39 is 6.09 Å². The van der Waals surface area contributed by atoms with Crippen molar-refractivity contribution in [2.45, 2.75) is 13.5 Å². The minimum atomic E-state index is -1.06. The van der Waals surface area contributed by atoms with Crippen molar-refractivity contribution in [3.63, 3.8) is 0 Å². The van der Waals surface area contributed by atoms with Crippen molar-refractivity contribution in [1.29, 1.82) is 0 Å². The highest BCUT2D eigenvalue weighted by atomic mass is 16.4. The molecule has 6 heteroatoms. The Morgan fingerprint density at radius 3 is 2.37 bits per heavy atom. The van der Waals surface area contributed by atoms with Crippen molar-refractivity contribution in [3.05, 3.63) is 84.2 Å². The summed E-state index contributed by atoms with van der Waals surface area (Å²) in [5.41, 5.74) is 5.52. The molecule has 0 atom stereocenters. The average Bonchev–Trinajstić information content (AvgIpc) is 2.77. The molecule has 1 amide bonds. The van der Waals surface area contributed by atoms with E-state index in [1.54, 1.807) is 12.3 Å². The number of carboxylic acid groups (broad SMARTS) is 1. The van der Waals surface area contributed by atoms with Crippen LogP contribution in [0.25, 0.3) is 33.3 Å². The Hall–Kier alpha value is -4.06. The first kappa shape index (κ1) is 19.3. The zero-order chi connectivity index (χ0) is 21.1. The van der Waals surface area contributed by atoms with E-state index in [2.05, 4.69) is 10.3 Å². The number of fused-ring (bicyclic) bond motifs is 1. The second-order valence-corrected chi connectivity index (χ2v) is 6.89. The highest BCUT2D eigenvalue weighted by molar-refractivity contribution is 6.06. The molecule has 2 N–H and O–H groups in total. The van der Waals surface area contributed by atoms with Crippen LogP contribution in [0.4, 0.5) is 4.79 Å². The Morgan fingerprint density at radius 1 is 0.967 bits per heavy atom. The van der Waals surface area contributed by atoms with Crippen LogP contribution in [0.5, 0.6) is 0 Å². The quantitative estimate of drug-likeness (QED) is 0.466. The lowest BCUT2D eigenvalue weighted by atomic mass is 9.96. The van der Waals surface area contributed by atoms with E-state index in [9.17, 15) is 9.59 Å². The van der Waals surface area contributed by atoms with Gasteiger partial charge in [0.25, 0.3) is 0 Å². The Morgan fingerprint density at radius 2 is 1.70 bits per heavy atom. The summed E-state index contributed by atoms with van der Waals surface area (Å²) < 4.78 is 0. The zero-order valence-electron chi connectivity index (χ0n) is 16.3. The van der Waals surface area contributed by atoms with Gasteiger partial charge in [-0.2, -0.15) is 0 Å². The molecule has 6 nitrogen and oxygen atoms in total. The fraction of sp³-hybridized carbons (Fsp3) is 0.0833. The van der Waals surface area contributed by atoms with Crippen molar-refractivity contribution in [2.75, 3.05) is 0 Å². The maximum absolute atomic E-state index is 12.1. The van der Waals surface area contributed by atoms with Crippen LogP contribution in [-0.2, 0) is 6.54 Å². The van der Waals surface area contributed by atoms with Gasteiger partial charge in [0.05, 0.1) is 11.2 Å². The highest BCUT2D eigenvalue weighted by Crippen LogP contribution is 2.34. The van der Waals surface area contributed by atoms with Gasteiger partial charge < -0.3 is 10.4 Å². The summed E-state index contributed by atoms with van der Waals surface area (Å²) in [6.07, 6.45) is 0.537. The van der Waals surface area contributed by atoms with Crippen molar-refractivity contribution in [3.8, 4) is 22.4 Å². The third-order valence-corrected chi connectivity index (χ3v) is 4.83. The number of carbonyl (C=O) groups is 2. The first-order chi connectivity index (χ1) is 14.5. The van der Waals surface area contributed by atoms with Gasteiger partial charge in [-0.3, -0.25) is 9.78 Å². The topological polar surface area (TPSA) is 92.2 Å². The molecule has 2 aromatic carbocycles. The molecule has 4 rings (SSSR count). The minimum Gasteiger partial charge on any atom is -0.465 e. The average molecular weight is 397 g/mol. The monoisotopic (exact) mass is 397 g/mol. The lowest BCUT2D eigenvalue weighted by Crippen LogP contribution is -2.19. The van der Waals surface area contributed by atoms with Gasteiger partial charge in [0.2, 0.25) is 0 Å². The van der Waals surface area contributed by atoms with Crippen LogP contribution in [-0.4, -0.2) is 27.0 Å². The summed E-state index contributed by atoms with van der Waals surface area (Å²) in [7, 11) is 0. The van der Waals surface area contributed by atoms with Gasteiger partial charge in [-0.25, -0.2) is 9.78 Å². The Balaban J connectivity index is 1.88. The number of pyridine rings is 2. The molecule has 0 saturated carbocycles. The second-order valence-electron chi connectivity index (χ2n) is 6.89. The number of carbonyl (C=O) groups excluding carboxylic acids is 1. The predicted molar refractivity (Wildman–Crippen MR) is 115 cm³/mol. The molecule has 4 aromatic rings. The fourth-order valence-electron chi connectivity index (χ4n) is 3.39.